The van der Waals surface area contributed by atoms with Crippen LogP contribution in [0.25, 0.3) is 0 Å². The first-order chi connectivity index (χ1) is 13.0. The zero-order valence-corrected chi connectivity index (χ0v) is 17.4. The van der Waals surface area contributed by atoms with Crippen LogP contribution in [0.4, 0.5) is 0 Å². The fourth-order valence-electron chi connectivity index (χ4n) is 4.42. The molecular weight excluding hydrogens is 344 g/mol. The van der Waals surface area contributed by atoms with Crippen molar-refractivity contribution in [2.45, 2.75) is 51.5 Å². The minimum atomic E-state index is 0.336. The Bertz CT molecular complexity index is 606. The molecule has 0 unspecified atom stereocenters. The van der Waals surface area contributed by atoms with Crippen LogP contribution < -0.4 is 14.2 Å². The predicted molar refractivity (Wildman–Crippen MR) is 106 cm³/mol. The molecule has 1 aromatic carbocycles. The van der Waals surface area contributed by atoms with Crippen LogP contribution in [0.1, 0.15) is 32.3 Å². The standard InChI is InChI=1S/C21H34N2O4/c1-15-12-23(13-16(2)27-15)18-6-8-22(9-7-18)14-17-10-20(25-4)21(26-5)11-19(17)24-3/h10-11,15-16,18H,6-9,12-14H2,1-5H3/t15-,16+. The number of hydrogen-bond donors (Lipinski definition) is 0. The molecule has 2 atom stereocenters. The van der Waals surface area contributed by atoms with Crippen LogP contribution in [0.3, 0.4) is 0 Å². The Morgan fingerprint density at radius 3 is 2.00 bits per heavy atom. The van der Waals surface area contributed by atoms with Crippen molar-refractivity contribution in [3.8, 4) is 17.2 Å². The Balaban J connectivity index is 1.60. The molecule has 152 valence electrons. The second kappa shape index (κ2) is 9.13. The lowest BCUT2D eigenvalue weighted by atomic mass is 10.0. The summed E-state index contributed by atoms with van der Waals surface area (Å²) in [4.78, 5) is 5.14. The number of hydrogen-bond acceptors (Lipinski definition) is 6. The van der Waals surface area contributed by atoms with Crippen molar-refractivity contribution < 1.29 is 18.9 Å². The highest BCUT2D eigenvalue weighted by Crippen LogP contribution is 2.35. The van der Waals surface area contributed by atoms with Crippen molar-refractivity contribution in [3.63, 3.8) is 0 Å². The van der Waals surface area contributed by atoms with Gasteiger partial charge in [0.25, 0.3) is 0 Å². The molecule has 0 N–H and O–H groups in total. The van der Waals surface area contributed by atoms with E-state index in [-0.39, 0.29) is 0 Å². The first kappa shape index (κ1) is 20.2. The molecule has 0 aromatic heterocycles. The molecular formula is C21H34N2O4. The highest BCUT2D eigenvalue weighted by molar-refractivity contribution is 5.50. The average molecular weight is 379 g/mol. The summed E-state index contributed by atoms with van der Waals surface area (Å²) in [6.07, 6.45) is 3.08. The lowest BCUT2D eigenvalue weighted by Gasteiger charge is -2.43. The third kappa shape index (κ3) is 4.86. The molecule has 2 aliphatic heterocycles. The van der Waals surface area contributed by atoms with Crippen LogP contribution in [0.15, 0.2) is 12.1 Å². The highest BCUT2D eigenvalue weighted by atomic mass is 16.5. The number of likely N-dealkylation sites (tertiary alicyclic amines) is 1. The van der Waals surface area contributed by atoms with Gasteiger partial charge in [-0.3, -0.25) is 9.80 Å². The third-order valence-corrected chi connectivity index (χ3v) is 5.70. The molecule has 2 fully saturated rings. The lowest BCUT2D eigenvalue weighted by Crippen LogP contribution is -2.53. The van der Waals surface area contributed by atoms with Crippen molar-refractivity contribution in [1.29, 1.82) is 0 Å². The van der Waals surface area contributed by atoms with Gasteiger partial charge in [0.1, 0.15) is 5.75 Å². The fraction of sp³-hybridized carbons (Fsp3) is 0.714. The molecule has 2 heterocycles. The number of nitrogens with zero attached hydrogens (tertiary/aromatic N) is 2. The van der Waals surface area contributed by atoms with E-state index in [1.165, 1.54) is 12.8 Å². The van der Waals surface area contributed by atoms with Crippen LogP contribution in [0, 0.1) is 0 Å². The smallest absolute Gasteiger partial charge is 0.164 e. The molecule has 0 spiro atoms. The number of morpholine rings is 1. The first-order valence-corrected chi connectivity index (χ1v) is 9.94. The monoisotopic (exact) mass is 378 g/mol. The molecule has 0 aliphatic carbocycles. The third-order valence-electron chi connectivity index (χ3n) is 5.70. The molecule has 2 aliphatic rings. The van der Waals surface area contributed by atoms with E-state index in [2.05, 4.69) is 23.6 Å². The Kier molecular flexibility index (Phi) is 6.84. The molecule has 0 saturated carbocycles. The fourth-order valence-corrected chi connectivity index (χ4v) is 4.42. The number of methoxy groups -OCH3 is 3. The summed E-state index contributed by atoms with van der Waals surface area (Å²) in [6, 6.07) is 4.62. The van der Waals surface area contributed by atoms with Gasteiger partial charge in [-0.25, -0.2) is 0 Å². The molecule has 6 nitrogen and oxygen atoms in total. The summed E-state index contributed by atoms with van der Waals surface area (Å²) in [6.45, 7) is 9.54. The maximum absolute atomic E-state index is 5.89. The maximum atomic E-state index is 5.89. The topological polar surface area (TPSA) is 43.4 Å². The molecule has 0 radical (unpaired) electrons. The van der Waals surface area contributed by atoms with Gasteiger partial charge in [-0.1, -0.05) is 0 Å². The van der Waals surface area contributed by atoms with E-state index in [0.29, 0.717) is 24.0 Å². The molecule has 3 rings (SSSR count). The molecule has 0 amide bonds. The zero-order chi connectivity index (χ0) is 19.4. The van der Waals surface area contributed by atoms with Gasteiger partial charge in [0.15, 0.2) is 11.5 Å². The van der Waals surface area contributed by atoms with Gasteiger partial charge < -0.3 is 18.9 Å². The van der Waals surface area contributed by atoms with Crippen LogP contribution in [0.5, 0.6) is 17.2 Å². The Morgan fingerprint density at radius 1 is 0.889 bits per heavy atom. The van der Waals surface area contributed by atoms with Crippen molar-refractivity contribution in [2.24, 2.45) is 0 Å². The summed E-state index contributed by atoms with van der Waals surface area (Å²) in [7, 11) is 5.02. The second-order valence-corrected chi connectivity index (χ2v) is 7.74. The van der Waals surface area contributed by atoms with Crippen molar-refractivity contribution in [1.82, 2.24) is 9.80 Å². The van der Waals surface area contributed by atoms with Crippen molar-refractivity contribution >= 4 is 0 Å². The second-order valence-electron chi connectivity index (χ2n) is 7.74. The van der Waals surface area contributed by atoms with Gasteiger partial charge in [0.2, 0.25) is 0 Å². The first-order valence-electron chi connectivity index (χ1n) is 9.94. The van der Waals surface area contributed by atoms with E-state index in [1.807, 2.05) is 12.1 Å². The SMILES string of the molecule is COc1cc(OC)c(OC)cc1CN1CCC(N2C[C@@H](C)O[C@@H](C)C2)CC1. The van der Waals surface area contributed by atoms with E-state index in [1.54, 1.807) is 21.3 Å². The largest absolute Gasteiger partial charge is 0.496 e. The molecule has 27 heavy (non-hydrogen) atoms. The van der Waals surface area contributed by atoms with Crippen LogP contribution in [-0.4, -0.2) is 75.6 Å². The molecule has 1 aromatic rings. The Labute approximate surface area is 163 Å². The van der Waals surface area contributed by atoms with Gasteiger partial charge in [-0.2, -0.15) is 0 Å². The quantitative estimate of drug-likeness (QED) is 0.758. The van der Waals surface area contributed by atoms with Crippen LogP contribution >= 0.6 is 0 Å². The van der Waals surface area contributed by atoms with Gasteiger partial charge in [-0.05, 0) is 45.8 Å². The Hall–Kier alpha value is -1.50. The minimum Gasteiger partial charge on any atom is -0.496 e. The van der Waals surface area contributed by atoms with E-state index in [4.69, 9.17) is 18.9 Å². The number of piperidine rings is 1. The van der Waals surface area contributed by atoms with Crippen molar-refractivity contribution in [3.05, 3.63) is 17.7 Å². The van der Waals surface area contributed by atoms with Crippen LogP contribution in [0.2, 0.25) is 0 Å². The van der Waals surface area contributed by atoms with Gasteiger partial charge in [0, 0.05) is 37.3 Å². The van der Waals surface area contributed by atoms with Gasteiger partial charge >= 0.3 is 0 Å². The number of rotatable bonds is 6. The summed E-state index contributed by atoms with van der Waals surface area (Å²) in [5.74, 6) is 2.30. The van der Waals surface area contributed by atoms with E-state index < -0.39 is 0 Å². The summed E-state index contributed by atoms with van der Waals surface area (Å²) in [5.41, 5.74) is 1.14. The van der Waals surface area contributed by atoms with E-state index in [0.717, 1.165) is 49.8 Å². The van der Waals surface area contributed by atoms with Gasteiger partial charge in [-0.15, -0.1) is 0 Å². The van der Waals surface area contributed by atoms with E-state index >= 15 is 0 Å². The Morgan fingerprint density at radius 2 is 1.44 bits per heavy atom. The molecule has 0 bridgehead atoms. The van der Waals surface area contributed by atoms with Crippen LogP contribution in [-0.2, 0) is 11.3 Å². The molecule has 6 heteroatoms. The summed E-state index contributed by atoms with van der Waals surface area (Å²) < 4.78 is 22.3. The minimum absolute atomic E-state index is 0.336. The van der Waals surface area contributed by atoms with E-state index in [9.17, 15) is 0 Å². The maximum Gasteiger partial charge on any atom is 0.164 e. The predicted octanol–water partition coefficient (Wildman–Crippen LogP) is 2.79. The summed E-state index contributed by atoms with van der Waals surface area (Å²) >= 11 is 0. The summed E-state index contributed by atoms with van der Waals surface area (Å²) in [5, 5.41) is 0. The van der Waals surface area contributed by atoms with Gasteiger partial charge in [0.05, 0.1) is 33.5 Å². The molecule has 2 saturated heterocycles. The zero-order valence-electron chi connectivity index (χ0n) is 17.4. The normalized spacial score (nSPS) is 25.4. The number of ether oxygens (including phenoxy) is 4. The average Bonchev–Trinajstić information content (AvgIpc) is 2.67. The lowest BCUT2D eigenvalue weighted by molar-refractivity contribution is -0.0865. The highest BCUT2D eigenvalue weighted by Gasteiger charge is 2.30. The van der Waals surface area contributed by atoms with Crippen molar-refractivity contribution in [2.75, 3.05) is 47.5 Å². The number of benzene rings is 1.